The maximum atomic E-state index is 11.7. The highest BCUT2D eigenvalue weighted by molar-refractivity contribution is 6.02. The minimum atomic E-state index is -0.192. The average molecular weight is 202 g/mol. The zero-order chi connectivity index (χ0) is 10.7. The van der Waals surface area contributed by atoms with E-state index in [2.05, 4.69) is 15.3 Å². The van der Waals surface area contributed by atoms with E-state index in [9.17, 15) is 4.79 Å². The molecule has 0 saturated heterocycles. The van der Waals surface area contributed by atoms with Crippen LogP contribution in [0, 0.1) is 0 Å². The van der Waals surface area contributed by atoms with Gasteiger partial charge in [0.15, 0.2) is 0 Å². The van der Waals surface area contributed by atoms with E-state index in [0.717, 1.165) is 0 Å². The predicted molar refractivity (Wildman–Crippen MR) is 55.4 cm³/mol. The van der Waals surface area contributed by atoms with Crippen molar-refractivity contribution in [1.82, 2.24) is 14.5 Å². The third-order valence-corrected chi connectivity index (χ3v) is 1.97. The number of rotatable bonds is 2. The van der Waals surface area contributed by atoms with Gasteiger partial charge >= 0.3 is 0 Å². The topological polar surface area (TPSA) is 59.8 Å². The fourth-order valence-corrected chi connectivity index (χ4v) is 1.21. The molecular formula is C10H10N4O. The molecule has 1 amide bonds. The van der Waals surface area contributed by atoms with Crippen molar-refractivity contribution in [3.63, 3.8) is 0 Å². The summed E-state index contributed by atoms with van der Waals surface area (Å²) in [5, 5.41) is 2.72. The number of carbonyl (C=O) groups is 1. The van der Waals surface area contributed by atoms with Crippen LogP contribution in [0.25, 0.3) is 0 Å². The van der Waals surface area contributed by atoms with Gasteiger partial charge in [-0.2, -0.15) is 0 Å². The Kier molecular flexibility index (Phi) is 2.45. The normalized spacial score (nSPS) is 9.93. The Hall–Kier alpha value is -2.17. The number of carbonyl (C=O) groups excluding carboxylic acids is 1. The third kappa shape index (κ3) is 2.01. The summed E-state index contributed by atoms with van der Waals surface area (Å²) >= 11 is 0. The van der Waals surface area contributed by atoms with Crippen LogP contribution in [0.15, 0.2) is 37.1 Å². The Labute approximate surface area is 86.8 Å². The molecule has 0 saturated carbocycles. The number of aromatic nitrogens is 3. The molecule has 0 aliphatic rings. The molecule has 5 heteroatoms. The van der Waals surface area contributed by atoms with Crippen LogP contribution in [0.3, 0.4) is 0 Å². The van der Waals surface area contributed by atoms with Crippen molar-refractivity contribution in [2.75, 3.05) is 5.32 Å². The molecule has 2 rings (SSSR count). The lowest BCUT2D eigenvalue weighted by molar-refractivity contribution is 0.101. The average Bonchev–Trinajstić information content (AvgIpc) is 2.66. The molecule has 0 aromatic carbocycles. The van der Waals surface area contributed by atoms with Crippen LogP contribution in [0.4, 0.5) is 5.69 Å². The number of aryl methyl sites for hydroxylation is 1. The minimum absolute atomic E-state index is 0.192. The summed E-state index contributed by atoms with van der Waals surface area (Å²) < 4.78 is 1.66. The molecule has 5 nitrogen and oxygen atoms in total. The maximum absolute atomic E-state index is 11.7. The molecule has 0 radical (unpaired) electrons. The predicted octanol–water partition coefficient (Wildman–Crippen LogP) is 1.07. The summed E-state index contributed by atoms with van der Waals surface area (Å²) in [6.45, 7) is 0. The first-order chi connectivity index (χ1) is 7.27. The number of imidazole rings is 1. The van der Waals surface area contributed by atoms with E-state index in [1.807, 2.05) is 0 Å². The van der Waals surface area contributed by atoms with Gasteiger partial charge < -0.3 is 9.88 Å². The zero-order valence-corrected chi connectivity index (χ0v) is 8.21. The van der Waals surface area contributed by atoms with Crippen LogP contribution in [-0.4, -0.2) is 20.4 Å². The summed E-state index contributed by atoms with van der Waals surface area (Å²) in [4.78, 5) is 19.5. The second-order valence-electron chi connectivity index (χ2n) is 3.09. The number of pyridine rings is 1. The van der Waals surface area contributed by atoms with Crippen LogP contribution in [0.5, 0.6) is 0 Å². The quantitative estimate of drug-likeness (QED) is 0.792. The SMILES string of the molecule is Cn1cncc1C(=O)Nc1cccnc1. The van der Waals surface area contributed by atoms with E-state index in [1.54, 1.807) is 42.5 Å². The molecule has 2 heterocycles. The van der Waals surface area contributed by atoms with Crippen molar-refractivity contribution in [2.24, 2.45) is 7.05 Å². The van der Waals surface area contributed by atoms with Gasteiger partial charge in [0.25, 0.3) is 5.91 Å². The number of hydrogen-bond acceptors (Lipinski definition) is 3. The summed E-state index contributed by atoms with van der Waals surface area (Å²) in [5.41, 5.74) is 1.18. The first-order valence-electron chi connectivity index (χ1n) is 4.45. The molecule has 15 heavy (non-hydrogen) atoms. The molecule has 2 aromatic rings. The summed E-state index contributed by atoms with van der Waals surface area (Å²) in [5.74, 6) is -0.192. The number of nitrogens with one attached hydrogen (secondary N) is 1. The largest absolute Gasteiger partial charge is 0.330 e. The third-order valence-electron chi connectivity index (χ3n) is 1.97. The Morgan fingerprint density at radius 2 is 2.27 bits per heavy atom. The van der Waals surface area contributed by atoms with E-state index in [4.69, 9.17) is 0 Å². The van der Waals surface area contributed by atoms with Gasteiger partial charge in [0.05, 0.1) is 24.4 Å². The van der Waals surface area contributed by atoms with Crippen molar-refractivity contribution in [1.29, 1.82) is 0 Å². The highest BCUT2D eigenvalue weighted by Crippen LogP contribution is 2.05. The fourth-order valence-electron chi connectivity index (χ4n) is 1.21. The lowest BCUT2D eigenvalue weighted by atomic mass is 10.4. The lowest BCUT2D eigenvalue weighted by Crippen LogP contribution is -2.15. The molecule has 0 bridgehead atoms. The first kappa shape index (κ1) is 9.39. The summed E-state index contributed by atoms with van der Waals surface area (Å²) in [7, 11) is 1.77. The molecule has 0 unspecified atom stereocenters. The van der Waals surface area contributed by atoms with Gasteiger partial charge in [0.2, 0.25) is 0 Å². The molecule has 0 aliphatic carbocycles. The van der Waals surface area contributed by atoms with Crippen LogP contribution < -0.4 is 5.32 Å². The lowest BCUT2D eigenvalue weighted by Gasteiger charge is -2.04. The van der Waals surface area contributed by atoms with Crippen LogP contribution in [-0.2, 0) is 7.05 Å². The molecule has 0 atom stereocenters. The molecule has 2 aromatic heterocycles. The van der Waals surface area contributed by atoms with Gasteiger partial charge in [-0.3, -0.25) is 9.78 Å². The van der Waals surface area contributed by atoms with E-state index in [0.29, 0.717) is 11.4 Å². The Balaban J connectivity index is 2.15. The van der Waals surface area contributed by atoms with E-state index >= 15 is 0 Å². The highest BCUT2D eigenvalue weighted by atomic mass is 16.1. The zero-order valence-electron chi connectivity index (χ0n) is 8.21. The molecule has 76 valence electrons. The number of hydrogen-bond donors (Lipinski definition) is 1. The van der Waals surface area contributed by atoms with E-state index in [1.165, 1.54) is 6.20 Å². The van der Waals surface area contributed by atoms with Gasteiger partial charge in [-0.1, -0.05) is 0 Å². The van der Waals surface area contributed by atoms with Crippen molar-refractivity contribution >= 4 is 11.6 Å². The Morgan fingerprint density at radius 1 is 1.40 bits per heavy atom. The van der Waals surface area contributed by atoms with Gasteiger partial charge in [-0.15, -0.1) is 0 Å². The summed E-state index contributed by atoms with van der Waals surface area (Å²) in [6, 6.07) is 3.54. The van der Waals surface area contributed by atoms with Crippen molar-refractivity contribution in [3.8, 4) is 0 Å². The van der Waals surface area contributed by atoms with Crippen LogP contribution in [0.1, 0.15) is 10.5 Å². The van der Waals surface area contributed by atoms with Crippen LogP contribution >= 0.6 is 0 Å². The first-order valence-corrected chi connectivity index (χ1v) is 4.45. The molecule has 0 aliphatic heterocycles. The maximum Gasteiger partial charge on any atom is 0.273 e. The Morgan fingerprint density at radius 3 is 2.87 bits per heavy atom. The monoisotopic (exact) mass is 202 g/mol. The van der Waals surface area contributed by atoms with Crippen LogP contribution in [0.2, 0.25) is 0 Å². The number of amides is 1. The molecular weight excluding hydrogens is 192 g/mol. The standard InChI is InChI=1S/C10H10N4O/c1-14-7-12-6-9(14)10(15)13-8-3-2-4-11-5-8/h2-7H,1H3,(H,13,15). The Bertz CT molecular complexity index is 463. The van der Waals surface area contributed by atoms with Gasteiger partial charge in [0, 0.05) is 13.2 Å². The van der Waals surface area contributed by atoms with Gasteiger partial charge in [-0.05, 0) is 12.1 Å². The molecule has 1 N–H and O–H groups in total. The van der Waals surface area contributed by atoms with Crippen molar-refractivity contribution in [2.45, 2.75) is 0 Å². The second-order valence-corrected chi connectivity index (χ2v) is 3.09. The molecule has 0 fully saturated rings. The van der Waals surface area contributed by atoms with Crippen molar-refractivity contribution < 1.29 is 4.79 Å². The van der Waals surface area contributed by atoms with E-state index in [-0.39, 0.29) is 5.91 Å². The van der Waals surface area contributed by atoms with Gasteiger partial charge in [0.1, 0.15) is 5.69 Å². The van der Waals surface area contributed by atoms with E-state index < -0.39 is 0 Å². The molecule has 0 spiro atoms. The second kappa shape index (κ2) is 3.91. The van der Waals surface area contributed by atoms with Gasteiger partial charge in [-0.25, -0.2) is 4.98 Å². The smallest absolute Gasteiger partial charge is 0.273 e. The highest BCUT2D eigenvalue weighted by Gasteiger charge is 2.09. The fraction of sp³-hybridized carbons (Fsp3) is 0.100. The van der Waals surface area contributed by atoms with Crippen molar-refractivity contribution in [3.05, 3.63) is 42.7 Å². The number of nitrogens with zero attached hydrogens (tertiary/aromatic N) is 3. The summed E-state index contributed by atoms with van der Waals surface area (Å²) in [6.07, 6.45) is 6.35. The minimum Gasteiger partial charge on any atom is -0.330 e. The number of anilines is 1.